The molecule has 0 aliphatic rings. The van der Waals surface area contributed by atoms with Gasteiger partial charge in [0, 0.05) is 15.1 Å². The largest absolute Gasteiger partial charge is 0.422 e. The van der Waals surface area contributed by atoms with Crippen molar-refractivity contribution in [3.63, 3.8) is 0 Å². The first-order valence-electron chi connectivity index (χ1n) is 6.31. The van der Waals surface area contributed by atoms with E-state index in [0.717, 1.165) is 4.47 Å². The second-order valence-corrected chi connectivity index (χ2v) is 6.10. The number of nitrogens with two attached hydrogens (primary N) is 1. The van der Waals surface area contributed by atoms with Gasteiger partial charge in [0.15, 0.2) is 5.11 Å². The Labute approximate surface area is 151 Å². The van der Waals surface area contributed by atoms with Gasteiger partial charge in [-0.05, 0) is 54.7 Å². The van der Waals surface area contributed by atoms with Crippen molar-refractivity contribution in [3.05, 3.63) is 63.1 Å². The highest BCUT2D eigenvalue weighted by Crippen LogP contribution is 2.23. The van der Waals surface area contributed by atoms with Crippen molar-refractivity contribution < 1.29 is 9.53 Å². The molecule has 0 aliphatic heterocycles. The van der Waals surface area contributed by atoms with Crippen LogP contribution in [0.2, 0.25) is 5.02 Å². The van der Waals surface area contributed by atoms with Gasteiger partial charge in [-0.1, -0.05) is 27.5 Å². The SMILES string of the molecule is NC(=S)N/N=C/c1cc(Br)ccc1OC(=O)c1ccc(Cl)cc1. The standard InChI is InChI=1S/C15H11BrClN3O2S/c16-11-3-6-13(10(7-11)8-19-20-15(18)23)22-14(21)9-1-4-12(17)5-2-9/h1-8H,(H3,18,20,23)/b19-8+. The molecule has 0 fully saturated rings. The van der Waals surface area contributed by atoms with Crippen LogP contribution in [-0.2, 0) is 0 Å². The van der Waals surface area contributed by atoms with Gasteiger partial charge in [-0.15, -0.1) is 0 Å². The average Bonchev–Trinajstić information content (AvgIpc) is 2.50. The Morgan fingerprint density at radius 3 is 2.65 bits per heavy atom. The van der Waals surface area contributed by atoms with E-state index in [4.69, 9.17) is 22.1 Å². The van der Waals surface area contributed by atoms with Crippen LogP contribution in [0.4, 0.5) is 0 Å². The molecule has 0 aromatic heterocycles. The van der Waals surface area contributed by atoms with Crippen molar-refractivity contribution in [1.29, 1.82) is 0 Å². The molecule has 0 saturated heterocycles. The van der Waals surface area contributed by atoms with E-state index in [2.05, 4.69) is 38.7 Å². The van der Waals surface area contributed by atoms with E-state index in [1.54, 1.807) is 42.5 Å². The molecule has 2 aromatic carbocycles. The van der Waals surface area contributed by atoms with Gasteiger partial charge in [-0.2, -0.15) is 5.10 Å². The molecule has 0 bridgehead atoms. The lowest BCUT2D eigenvalue weighted by atomic mass is 10.2. The highest BCUT2D eigenvalue weighted by Gasteiger charge is 2.11. The lowest BCUT2D eigenvalue weighted by Crippen LogP contribution is -2.24. The van der Waals surface area contributed by atoms with Crippen molar-refractivity contribution in [2.75, 3.05) is 0 Å². The summed E-state index contributed by atoms with van der Waals surface area (Å²) in [6.45, 7) is 0. The van der Waals surface area contributed by atoms with Gasteiger partial charge >= 0.3 is 5.97 Å². The fraction of sp³-hybridized carbons (Fsp3) is 0. The van der Waals surface area contributed by atoms with Crippen LogP contribution in [0.1, 0.15) is 15.9 Å². The average molecular weight is 413 g/mol. The zero-order valence-electron chi connectivity index (χ0n) is 11.6. The van der Waals surface area contributed by atoms with Crippen LogP contribution in [0, 0.1) is 0 Å². The molecule has 0 spiro atoms. The van der Waals surface area contributed by atoms with Crippen molar-refractivity contribution in [2.24, 2.45) is 10.8 Å². The third-order valence-electron chi connectivity index (χ3n) is 2.63. The molecular weight excluding hydrogens is 402 g/mol. The molecule has 2 rings (SSSR count). The molecule has 118 valence electrons. The predicted molar refractivity (Wildman–Crippen MR) is 98.1 cm³/mol. The van der Waals surface area contributed by atoms with E-state index in [0.29, 0.717) is 21.9 Å². The first-order valence-corrected chi connectivity index (χ1v) is 7.89. The summed E-state index contributed by atoms with van der Waals surface area (Å²) in [6, 6.07) is 11.6. The van der Waals surface area contributed by atoms with Crippen molar-refractivity contribution in [3.8, 4) is 5.75 Å². The fourth-order valence-corrected chi connectivity index (χ4v) is 2.18. The number of esters is 1. The Morgan fingerprint density at radius 2 is 2.00 bits per heavy atom. The zero-order valence-corrected chi connectivity index (χ0v) is 14.8. The van der Waals surface area contributed by atoms with Gasteiger partial charge in [0.25, 0.3) is 0 Å². The molecule has 2 aromatic rings. The van der Waals surface area contributed by atoms with E-state index in [1.807, 2.05) is 0 Å². The fourth-order valence-electron chi connectivity index (χ4n) is 1.62. The van der Waals surface area contributed by atoms with Crippen molar-refractivity contribution in [1.82, 2.24) is 5.43 Å². The molecule has 23 heavy (non-hydrogen) atoms. The number of thiocarbonyl (C=S) groups is 1. The van der Waals surface area contributed by atoms with Gasteiger partial charge in [0.2, 0.25) is 0 Å². The van der Waals surface area contributed by atoms with Crippen LogP contribution >= 0.6 is 39.7 Å². The number of hydrazone groups is 1. The molecule has 0 radical (unpaired) electrons. The minimum Gasteiger partial charge on any atom is -0.422 e. The van der Waals surface area contributed by atoms with Gasteiger partial charge in [-0.3, -0.25) is 5.43 Å². The maximum absolute atomic E-state index is 12.2. The number of carbonyl (C=O) groups excluding carboxylic acids is 1. The van der Waals surface area contributed by atoms with Crippen LogP contribution in [0.3, 0.4) is 0 Å². The lowest BCUT2D eigenvalue weighted by molar-refractivity contribution is 0.0734. The van der Waals surface area contributed by atoms with E-state index in [1.165, 1.54) is 6.21 Å². The van der Waals surface area contributed by atoms with E-state index in [-0.39, 0.29) is 5.11 Å². The van der Waals surface area contributed by atoms with E-state index < -0.39 is 5.97 Å². The molecule has 0 saturated carbocycles. The molecule has 0 amide bonds. The summed E-state index contributed by atoms with van der Waals surface area (Å²) in [7, 11) is 0. The number of halogens is 2. The minimum absolute atomic E-state index is 0.0379. The Bertz CT molecular complexity index is 766. The molecule has 0 atom stereocenters. The van der Waals surface area contributed by atoms with Gasteiger partial charge in [0.1, 0.15) is 5.75 Å². The number of nitrogens with zero attached hydrogens (tertiary/aromatic N) is 1. The van der Waals surface area contributed by atoms with Crippen LogP contribution in [-0.4, -0.2) is 17.3 Å². The molecule has 0 unspecified atom stereocenters. The van der Waals surface area contributed by atoms with E-state index in [9.17, 15) is 4.79 Å². The first kappa shape index (κ1) is 17.4. The second-order valence-electron chi connectivity index (χ2n) is 4.31. The normalized spacial score (nSPS) is 10.5. The van der Waals surface area contributed by atoms with Gasteiger partial charge in [-0.25, -0.2) is 4.79 Å². The molecule has 8 heteroatoms. The number of rotatable bonds is 4. The topological polar surface area (TPSA) is 76.7 Å². The number of nitrogens with one attached hydrogen (secondary N) is 1. The summed E-state index contributed by atoms with van der Waals surface area (Å²) in [5.41, 5.74) is 8.70. The summed E-state index contributed by atoms with van der Waals surface area (Å²) < 4.78 is 6.20. The summed E-state index contributed by atoms with van der Waals surface area (Å²) in [4.78, 5) is 12.2. The number of benzene rings is 2. The maximum atomic E-state index is 12.2. The van der Waals surface area contributed by atoms with Crippen LogP contribution in [0.25, 0.3) is 0 Å². The third kappa shape index (κ3) is 5.31. The second kappa shape index (κ2) is 8.05. The number of carbonyl (C=O) groups is 1. The maximum Gasteiger partial charge on any atom is 0.343 e. The molecule has 0 aliphatic carbocycles. The highest BCUT2D eigenvalue weighted by molar-refractivity contribution is 9.10. The van der Waals surface area contributed by atoms with Crippen LogP contribution in [0.5, 0.6) is 5.75 Å². The highest BCUT2D eigenvalue weighted by atomic mass is 79.9. The number of hydrogen-bond acceptors (Lipinski definition) is 4. The molecule has 0 heterocycles. The van der Waals surface area contributed by atoms with Crippen molar-refractivity contribution >= 4 is 57.0 Å². The van der Waals surface area contributed by atoms with Crippen LogP contribution < -0.4 is 15.9 Å². The molecule has 5 nitrogen and oxygen atoms in total. The summed E-state index contributed by atoms with van der Waals surface area (Å²) >= 11 is 13.8. The van der Waals surface area contributed by atoms with Gasteiger partial charge < -0.3 is 10.5 Å². The van der Waals surface area contributed by atoms with E-state index >= 15 is 0 Å². The molecular formula is C15H11BrClN3O2S. The van der Waals surface area contributed by atoms with Gasteiger partial charge in [0.05, 0.1) is 11.8 Å². The number of ether oxygens (including phenoxy) is 1. The zero-order chi connectivity index (χ0) is 16.8. The Balaban J connectivity index is 2.21. The summed E-state index contributed by atoms with van der Waals surface area (Å²) in [5.74, 6) is -0.150. The Hall–Kier alpha value is -1.96. The smallest absolute Gasteiger partial charge is 0.343 e. The van der Waals surface area contributed by atoms with Crippen LogP contribution in [0.15, 0.2) is 52.0 Å². The number of hydrogen-bond donors (Lipinski definition) is 2. The summed E-state index contributed by atoms with van der Waals surface area (Å²) in [6.07, 6.45) is 1.45. The monoisotopic (exact) mass is 411 g/mol. The minimum atomic E-state index is -0.499. The predicted octanol–water partition coefficient (Wildman–Crippen LogP) is 3.49. The lowest BCUT2D eigenvalue weighted by Gasteiger charge is -2.08. The quantitative estimate of drug-likeness (QED) is 0.264. The Kier molecular flexibility index (Phi) is 6.09. The first-order chi connectivity index (χ1) is 11.0. The third-order valence-corrected chi connectivity index (χ3v) is 3.47. The Morgan fingerprint density at radius 1 is 1.30 bits per heavy atom. The summed E-state index contributed by atoms with van der Waals surface area (Å²) in [5, 5.41) is 4.45. The molecule has 3 N–H and O–H groups in total. The van der Waals surface area contributed by atoms with Crippen molar-refractivity contribution in [2.45, 2.75) is 0 Å².